The molecule has 2 aromatic carbocycles. The minimum absolute atomic E-state index is 0.0666. The lowest BCUT2D eigenvalue weighted by molar-refractivity contribution is -0.0448. The summed E-state index contributed by atoms with van der Waals surface area (Å²) in [5, 5.41) is 4.11. The summed E-state index contributed by atoms with van der Waals surface area (Å²) in [6.45, 7) is 5.41. The van der Waals surface area contributed by atoms with E-state index in [9.17, 15) is 18.0 Å². The monoisotopic (exact) mass is 545 g/mol. The molecule has 1 aliphatic rings. The van der Waals surface area contributed by atoms with Gasteiger partial charge in [0.1, 0.15) is 35.1 Å². The third kappa shape index (κ3) is 4.99. The van der Waals surface area contributed by atoms with Gasteiger partial charge >= 0.3 is 5.69 Å². The summed E-state index contributed by atoms with van der Waals surface area (Å²) in [5.74, 6) is -1.58. The zero-order valence-corrected chi connectivity index (χ0v) is 21.3. The van der Waals surface area contributed by atoms with Crippen molar-refractivity contribution in [2.75, 3.05) is 24.6 Å². The fourth-order valence-electron chi connectivity index (χ4n) is 4.32. The number of hydrogen-bond donors (Lipinski definition) is 0. The van der Waals surface area contributed by atoms with Crippen molar-refractivity contribution in [2.45, 2.75) is 26.0 Å². The van der Waals surface area contributed by atoms with Gasteiger partial charge in [-0.1, -0.05) is 17.7 Å². The molecule has 0 unspecified atom stereocenters. The highest BCUT2D eigenvalue weighted by atomic mass is 35.5. The molecule has 1 fully saturated rings. The molecular weight excluding hydrogens is 523 g/mol. The Balaban J connectivity index is 1.34. The molecule has 12 heteroatoms. The third-order valence-electron chi connectivity index (χ3n) is 6.18. The second kappa shape index (κ2) is 10.1. The number of ether oxygens (including phenoxy) is 2. The highest BCUT2D eigenvalue weighted by molar-refractivity contribution is 6.32. The first-order valence-electron chi connectivity index (χ1n) is 11.8. The molecule has 2 aromatic heterocycles. The zero-order valence-electron chi connectivity index (χ0n) is 20.5. The van der Waals surface area contributed by atoms with E-state index in [2.05, 4.69) is 10.1 Å². The molecule has 0 bridgehead atoms. The highest BCUT2D eigenvalue weighted by Crippen LogP contribution is 2.35. The fraction of sp³-hybridized carbons (Fsp3) is 0.269. The van der Waals surface area contributed by atoms with Gasteiger partial charge in [-0.15, -0.1) is 0 Å². The van der Waals surface area contributed by atoms with Gasteiger partial charge in [0.05, 0.1) is 23.5 Å². The number of hydrogen-bond acceptors (Lipinski definition) is 6. The lowest BCUT2D eigenvalue weighted by Crippen LogP contribution is -2.61. The summed E-state index contributed by atoms with van der Waals surface area (Å²) in [6, 6.07) is 9.35. The lowest BCUT2D eigenvalue weighted by Gasteiger charge is -2.48. The van der Waals surface area contributed by atoms with E-state index < -0.39 is 23.1 Å². The fourth-order valence-corrected chi connectivity index (χ4v) is 4.53. The zero-order chi connectivity index (χ0) is 27.0. The molecule has 198 valence electrons. The van der Waals surface area contributed by atoms with Crippen molar-refractivity contribution in [3.05, 3.63) is 93.5 Å². The first kappa shape index (κ1) is 25.8. The Morgan fingerprint density at radius 3 is 2.47 bits per heavy atom. The van der Waals surface area contributed by atoms with Gasteiger partial charge in [0.25, 0.3) is 0 Å². The van der Waals surface area contributed by atoms with Crippen LogP contribution in [0.5, 0.6) is 11.5 Å². The van der Waals surface area contributed by atoms with E-state index in [1.54, 1.807) is 0 Å². The molecule has 38 heavy (non-hydrogen) atoms. The van der Waals surface area contributed by atoms with Gasteiger partial charge in [0.2, 0.25) is 0 Å². The van der Waals surface area contributed by atoms with Crippen LogP contribution in [0.15, 0.2) is 59.8 Å². The van der Waals surface area contributed by atoms with Crippen LogP contribution < -0.4 is 15.3 Å². The van der Waals surface area contributed by atoms with Crippen molar-refractivity contribution in [3.63, 3.8) is 0 Å². The summed E-state index contributed by atoms with van der Waals surface area (Å²) in [7, 11) is 0. The van der Waals surface area contributed by atoms with Crippen LogP contribution in [0.4, 0.5) is 19.0 Å². The van der Waals surface area contributed by atoms with E-state index in [4.69, 9.17) is 21.1 Å². The second-order valence-electron chi connectivity index (χ2n) is 9.08. The molecule has 3 heterocycles. The number of pyridine rings is 1. The Morgan fingerprint density at radius 2 is 1.79 bits per heavy atom. The molecule has 0 amide bonds. The smallest absolute Gasteiger partial charge is 0.350 e. The summed E-state index contributed by atoms with van der Waals surface area (Å²) in [4.78, 5) is 18.9. The maximum Gasteiger partial charge on any atom is 0.350 e. The van der Waals surface area contributed by atoms with Crippen molar-refractivity contribution >= 4 is 17.4 Å². The van der Waals surface area contributed by atoms with Gasteiger partial charge in [-0.25, -0.2) is 22.9 Å². The number of benzene rings is 2. The van der Waals surface area contributed by atoms with Crippen LogP contribution in [0.25, 0.3) is 5.69 Å². The number of nitrogens with zero attached hydrogens (tertiary/aromatic N) is 5. The Hall–Kier alpha value is -3.83. The summed E-state index contributed by atoms with van der Waals surface area (Å²) in [6.07, 6.45) is 2.25. The van der Waals surface area contributed by atoms with Crippen LogP contribution in [0, 0.1) is 17.5 Å². The minimum atomic E-state index is -0.766. The number of aromatic nitrogens is 4. The SMILES string of the molecule is CCOC1(C)CN(c2cc(Oc3ccc(-n4ncn(Cc5c(F)cccc5F)c4=O)cc3Cl)c(F)cn2)C1. The number of rotatable bonds is 8. The largest absolute Gasteiger partial charge is 0.453 e. The van der Waals surface area contributed by atoms with Gasteiger partial charge < -0.3 is 14.4 Å². The summed E-state index contributed by atoms with van der Waals surface area (Å²) >= 11 is 6.39. The Labute approximate surface area is 220 Å². The third-order valence-corrected chi connectivity index (χ3v) is 6.47. The van der Waals surface area contributed by atoms with Crippen molar-refractivity contribution < 1.29 is 22.6 Å². The highest BCUT2D eigenvalue weighted by Gasteiger charge is 2.40. The van der Waals surface area contributed by atoms with Crippen molar-refractivity contribution in [1.82, 2.24) is 19.3 Å². The van der Waals surface area contributed by atoms with E-state index in [1.165, 1.54) is 36.7 Å². The predicted octanol–water partition coefficient (Wildman–Crippen LogP) is 4.96. The molecule has 0 aliphatic carbocycles. The van der Waals surface area contributed by atoms with Gasteiger partial charge in [-0.05, 0) is 44.2 Å². The Morgan fingerprint density at radius 1 is 1.05 bits per heavy atom. The second-order valence-corrected chi connectivity index (χ2v) is 9.49. The van der Waals surface area contributed by atoms with Crippen molar-refractivity contribution in [2.24, 2.45) is 0 Å². The first-order chi connectivity index (χ1) is 18.2. The quantitative estimate of drug-likeness (QED) is 0.312. The van der Waals surface area contributed by atoms with Crippen molar-refractivity contribution in [3.8, 4) is 17.2 Å². The number of anilines is 1. The van der Waals surface area contributed by atoms with E-state index in [0.29, 0.717) is 25.5 Å². The molecule has 0 N–H and O–H groups in total. The van der Waals surface area contributed by atoms with Crippen LogP contribution in [0.1, 0.15) is 19.4 Å². The molecule has 5 rings (SSSR count). The predicted molar refractivity (Wildman–Crippen MR) is 135 cm³/mol. The maximum atomic E-state index is 14.5. The first-order valence-corrected chi connectivity index (χ1v) is 12.1. The topological polar surface area (TPSA) is 74.4 Å². The molecule has 8 nitrogen and oxygen atoms in total. The van der Waals surface area contributed by atoms with Crippen LogP contribution >= 0.6 is 11.6 Å². The lowest BCUT2D eigenvalue weighted by atomic mass is 9.96. The molecule has 0 saturated carbocycles. The molecular formula is C26H23ClF3N5O3. The van der Waals surface area contributed by atoms with E-state index in [0.717, 1.165) is 27.6 Å². The molecule has 0 spiro atoms. The van der Waals surface area contributed by atoms with Crippen molar-refractivity contribution in [1.29, 1.82) is 0 Å². The van der Waals surface area contributed by atoms with Gasteiger partial charge in [-0.3, -0.25) is 4.57 Å². The molecule has 1 saturated heterocycles. The minimum Gasteiger partial charge on any atom is -0.453 e. The normalized spacial score (nSPS) is 14.4. The molecule has 4 aromatic rings. The van der Waals surface area contributed by atoms with Crippen LogP contribution in [0.3, 0.4) is 0 Å². The van der Waals surface area contributed by atoms with E-state index in [-0.39, 0.29) is 39.9 Å². The Bertz CT molecular complexity index is 1530. The van der Waals surface area contributed by atoms with E-state index >= 15 is 0 Å². The number of halogens is 4. The Kier molecular flexibility index (Phi) is 6.89. The molecule has 0 radical (unpaired) electrons. The molecule has 0 atom stereocenters. The van der Waals surface area contributed by atoms with Crippen LogP contribution in [-0.2, 0) is 11.3 Å². The van der Waals surface area contributed by atoms with Gasteiger partial charge in [-0.2, -0.15) is 9.78 Å². The van der Waals surface area contributed by atoms with Gasteiger partial charge in [0.15, 0.2) is 11.6 Å². The average molecular weight is 546 g/mol. The summed E-state index contributed by atoms with van der Waals surface area (Å²) < 4.78 is 56.1. The molecule has 1 aliphatic heterocycles. The standard InChI is InChI=1S/C26H23ClF3N5O3/c1-3-37-26(2)13-34(14-26)24-10-23(21(30)11-31-24)38-22-8-7-16(9-18(22)27)35-25(36)33(15-32-35)12-17-19(28)5-4-6-20(17)29/h4-11,15H,3,12-14H2,1-2H3. The van der Waals surface area contributed by atoms with Gasteiger partial charge in [0, 0.05) is 31.3 Å². The van der Waals surface area contributed by atoms with Crippen LogP contribution in [0.2, 0.25) is 5.02 Å². The summed E-state index contributed by atoms with van der Waals surface area (Å²) in [5.41, 5.74) is -0.877. The van der Waals surface area contributed by atoms with Crippen LogP contribution in [-0.4, -0.2) is 44.6 Å². The average Bonchev–Trinajstić information content (AvgIpc) is 3.22. The maximum absolute atomic E-state index is 14.5. The van der Waals surface area contributed by atoms with E-state index in [1.807, 2.05) is 18.7 Å².